The third kappa shape index (κ3) is 5.80. The number of ether oxygens (including phenoxy) is 1. The number of rotatable bonds is 8. The Morgan fingerprint density at radius 1 is 1.07 bits per heavy atom. The molecule has 1 atom stereocenters. The predicted molar refractivity (Wildman–Crippen MR) is 111 cm³/mol. The highest BCUT2D eigenvalue weighted by atomic mass is 32.2. The van der Waals surface area contributed by atoms with Crippen LogP contribution in [-0.4, -0.2) is 45.4 Å². The number of methoxy groups -OCH3 is 1. The van der Waals surface area contributed by atoms with E-state index in [0.29, 0.717) is 17.8 Å². The molecule has 0 heterocycles. The number of carbonyl (C=O) groups excluding carboxylic acids is 2. The lowest BCUT2D eigenvalue weighted by Gasteiger charge is -2.23. The summed E-state index contributed by atoms with van der Waals surface area (Å²) in [5, 5.41) is 0. The van der Waals surface area contributed by atoms with E-state index in [4.69, 9.17) is 4.74 Å². The monoisotopic (exact) mass is 418 g/mol. The number of nitrogens with one attached hydrogen (secondary N) is 1. The van der Waals surface area contributed by atoms with Crippen LogP contribution < -0.4 is 4.72 Å². The number of aryl methyl sites for hydroxylation is 1. The molecule has 1 unspecified atom stereocenters. The molecule has 0 bridgehead atoms. The molecule has 2 rings (SSSR count). The number of hydrogen-bond acceptors (Lipinski definition) is 5. The number of anilines is 1. The van der Waals surface area contributed by atoms with Crippen molar-refractivity contribution in [1.29, 1.82) is 0 Å². The quantitative estimate of drug-likeness (QED) is 0.665. The molecule has 0 aliphatic carbocycles. The fourth-order valence-electron chi connectivity index (χ4n) is 2.76. The second-order valence-electron chi connectivity index (χ2n) is 6.76. The van der Waals surface area contributed by atoms with Gasteiger partial charge in [-0.1, -0.05) is 24.6 Å². The summed E-state index contributed by atoms with van der Waals surface area (Å²) in [7, 11) is -2.46. The van der Waals surface area contributed by atoms with Crippen molar-refractivity contribution in [2.24, 2.45) is 5.92 Å². The Bertz CT molecular complexity index is 954. The van der Waals surface area contributed by atoms with Gasteiger partial charge in [0.1, 0.15) is 0 Å². The van der Waals surface area contributed by atoms with Gasteiger partial charge in [0.2, 0.25) is 0 Å². The van der Waals surface area contributed by atoms with Gasteiger partial charge in [-0.25, -0.2) is 8.42 Å². The number of esters is 1. The highest BCUT2D eigenvalue weighted by Crippen LogP contribution is 2.18. The summed E-state index contributed by atoms with van der Waals surface area (Å²) in [5.74, 6) is -1.12. The Hall–Kier alpha value is -2.87. The number of sulfonamides is 1. The minimum atomic E-state index is -3.76. The fraction of sp³-hybridized carbons (Fsp3) is 0.333. The summed E-state index contributed by atoms with van der Waals surface area (Å²) in [5.41, 5.74) is 1.83. The van der Waals surface area contributed by atoms with Gasteiger partial charge < -0.3 is 9.64 Å². The van der Waals surface area contributed by atoms with Crippen LogP contribution in [0.3, 0.4) is 0 Å². The van der Waals surface area contributed by atoms with Crippen molar-refractivity contribution in [3.05, 3.63) is 59.7 Å². The number of benzene rings is 2. The van der Waals surface area contributed by atoms with Gasteiger partial charge in [0.25, 0.3) is 15.9 Å². The van der Waals surface area contributed by atoms with Crippen molar-refractivity contribution in [2.75, 3.05) is 24.9 Å². The lowest BCUT2D eigenvalue weighted by molar-refractivity contribution is -0.145. The van der Waals surface area contributed by atoms with Crippen molar-refractivity contribution in [3.8, 4) is 0 Å². The molecule has 0 saturated heterocycles. The SMILES string of the molecule is CCN(CC(C)C(=O)OC)C(=O)c1ccc(S(=O)(=O)Nc2ccc(C)cc2)cc1. The van der Waals surface area contributed by atoms with Crippen molar-refractivity contribution in [2.45, 2.75) is 25.7 Å². The Morgan fingerprint density at radius 2 is 1.66 bits per heavy atom. The summed E-state index contributed by atoms with van der Waals surface area (Å²) in [6, 6.07) is 12.7. The number of carbonyl (C=O) groups is 2. The largest absolute Gasteiger partial charge is 0.469 e. The number of amides is 1. The van der Waals surface area contributed by atoms with E-state index in [9.17, 15) is 18.0 Å². The van der Waals surface area contributed by atoms with Gasteiger partial charge in [0, 0.05) is 24.3 Å². The molecule has 29 heavy (non-hydrogen) atoms. The van der Waals surface area contributed by atoms with E-state index >= 15 is 0 Å². The summed E-state index contributed by atoms with van der Waals surface area (Å²) in [6.45, 7) is 6.05. The first-order chi connectivity index (χ1) is 13.7. The number of hydrogen-bond donors (Lipinski definition) is 1. The van der Waals surface area contributed by atoms with Crippen LogP contribution in [0.2, 0.25) is 0 Å². The molecule has 2 aromatic carbocycles. The molecule has 8 heteroatoms. The van der Waals surface area contributed by atoms with Crippen LogP contribution in [0.1, 0.15) is 29.8 Å². The maximum absolute atomic E-state index is 12.7. The van der Waals surface area contributed by atoms with Gasteiger partial charge in [-0.15, -0.1) is 0 Å². The van der Waals surface area contributed by atoms with Crippen LogP contribution >= 0.6 is 0 Å². The zero-order chi connectivity index (χ0) is 21.6. The second-order valence-corrected chi connectivity index (χ2v) is 8.45. The summed E-state index contributed by atoms with van der Waals surface area (Å²) in [6.07, 6.45) is 0. The zero-order valence-corrected chi connectivity index (χ0v) is 17.8. The maximum atomic E-state index is 12.7. The van der Waals surface area contributed by atoms with Crippen LogP contribution in [0.4, 0.5) is 5.69 Å². The number of nitrogens with zero attached hydrogens (tertiary/aromatic N) is 1. The topological polar surface area (TPSA) is 92.8 Å². The second kappa shape index (κ2) is 9.56. The fourth-order valence-corrected chi connectivity index (χ4v) is 3.82. The van der Waals surface area contributed by atoms with Gasteiger partial charge in [0.15, 0.2) is 0 Å². The normalized spacial score (nSPS) is 12.1. The first-order valence-electron chi connectivity index (χ1n) is 9.24. The van der Waals surface area contributed by atoms with Crippen LogP contribution in [0, 0.1) is 12.8 Å². The van der Waals surface area contributed by atoms with Crippen molar-refractivity contribution < 1.29 is 22.7 Å². The molecule has 2 aromatic rings. The minimum Gasteiger partial charge on any atom is -0.469 e. The van der Waals surface area contributed by atoms with Gasteiger partial charge in [-0.3, -0.25) is 14.3 Å². The molecule has 0 aromatic heterocycles. The van der Waals surface area contributed by atoms with Gasteiger partial charge in [0.05, 0.1) is 17.9 Å². The smallest absolute Gasteiger partial charge is 0.310 e. The van der Waals surface area contributed by atoms with E-state index in [0.717, 1.165) is 5.56 Å². The standard InChI is InChI=1S/C21H26N2O5S/c1-5-23(14-16(3)21(25)28-4)20(24)17-8-12-19(13-9-17)29(26,27)22-18-10-6-15(2)7-11-18/h6-13,16,22H,5,14H2,1-4H3. The van der Waals surface area contributed by atoms with Crippen molar-refractivity contribution in [1.82, 2.24) is 4.90 Å². The van der Waals surface area contributed by atoms with E-state index in [1.165, 1.54) is 36.3 Å². The van der Waals surface area contributed by atoms with Crippen molar-refractivity contribution >= 4 is 27.6 Å². The molecule has 0 fully saturated rings. The first kappa shape index (κ1) is 22.4. The van der Waals surface area contributed by atoms with Crippen LogP contribution in [-0.2, 0) is 19.6 Å². The van der Waals surface area contributed by atoms with E-state index < -0.39 is 15.9 Å². The van der Waals surface area contributed by atoms with E-state index in [1.807, 2.05) is 26.0 Å². The molecule has 0 radical (unpaired) electrons. The highest BCUT2D eigenvalue weighted by Gasteiger charge is 2.22. The maximum Gasteiger partial charge on any atom is 0.310 e. The van der Waals surface area contributed by atoms with E-state index in [-0.39, 0.29) is 23.3 Å². The van der Waals surface area contributed by atoms with Gasteiger partial charge >= 0.3 is 5.97 Å². The van der Waals surface area contributed by atoms with E-state index in [1.54, 1.807) is 19.1 Å². The molecule has 0 aliphatic rings. The molecule has 0 saturated carbocycles. The Balaban J connectivity index is 2.14. The molecule has 0 spiro atoms. The Labute approximate surface area is 171 Å². The van der Waals surface area contributed by atoms with Gasteiger partial charge in [-0.2, -0.15) is 0 Å². The molecular weight excluding hydrogens is 392 g/mol. The summed E-state index contributed by atoms with van der Waals surface area (Å²) < 4.78 is 32.3. The van der Waals surface area contributed by atoms with Crippen LogP contribution in [0.25, 0.3) is 0 Å². The minimum absolute atomic E-state index is 0.0561. The predicted octanol–water partition coefficient (Wildman–Crippen LogP) is 3.07. The lowest BCUT2D eigenvalue weighted by Crippen LogP contribution is -2.37. The van der Waals surface area contributed by atoms with Gasteiger partial charge in [-0.05, 0) is 50.2 Å². The third-order valence-electron chi connectivity index (χ3n) is 4.48. The molecular formula is C21H26N2O5S. The van der Waals surface area contributed by atoms with E-state index in [2.05, 4.69) is 4.72 Å². The van der Waals surface area contributed by atoms with Crippen LogP contribution in [0.5, 0.6) is 0 Å². The van der Waals surface area contributed by atoms with Crippen LogP contribution in [0.15, 0.2) is 53.4 Å². The zero-order valence-electron chi connectivity index (χ0n) is 17.0. The third-order valence-corrected chi connectivity index (χ3v) is 5.88. The summed E-state index contributed by atoms with van der Waals surface area (Å²) in [4.78, 5) is 25.9. The highest BCUT2D eigenvalue weighted by molar-refractivity contribution is 7.92. The molecule has 1 amide bonds. The first-order valence-corrected chi connectivity index (χ1v) is 10.7. The van der Waals surface area contributed by atoms with Crippen molar-refractivity contribution in [3.63, 3.8) is 0 Å². The average molecular weight is 419 g/mol. The average Bonchev–Trinajstić information content (AvgIpc) is 2.72. The molecule has 1 N–H and O–H groups in total. The molecule has 0 aliphatic heterocycles. The lowest BCUT2D eigenvalue weighted by atomic mass is 10.1. The Kier molecular flexibility index (Phi) is 7.39. The summed E-state index contributed by atoms with van der Waals surface area (Å²) >= 11 is 0. The molecule has 7 nitrogen and oxygen atoms in total. The Morgan fingerprint density at radius 3 is 2.17 bits per heavy atom. The molecule has 156 valence electrons.